The second kappa shape index (κ2) is 7.45. The lowest BCUT2D eigenvalue weighted by Gasteiger charge is -2.22. The highest BCUT2D eigenvalue weighted by Crippen LogP contribution is 2.11. The van der Waals surface area contributed by atoms with Gasteiger partial charge >= 0.3 is 6.03 Å². The highest BCUT2D eigenvalue weighted by Gasteiger charge is 2.17. The molecule has 19 heavy (non-hydrogen) atoms. The zero-order valence-corrected chi connectivity index (χ0v) is 11.3. The van der Waals surface area contributed by atoms with E-state index in [1.54, 1.807) is 24.3 Å². The highest BCUT2D eigenvalue weighted by atomic mass is 16.3. The number of aliphatic hydroxyl groups is 1. The highest BCUT2D eigenvalue weighted by molar-refractivity contribution is 5.89. The van der Waals surface area contributed by atoms with Crippen LogP contribution in [-0.2, 0) is 0 Å². The van der Waals surface area contributed by atoms with Crippen molar-refractivity contribution in [1.29, 1.82) is 0 Å². The number of hydrogen-bond donors (Lipinski definition) is 3. The van der Waals surface area contributed by atoms with Gasteiger partial charge in [0.15, 0.2) is 0 Å². The number of carbonyl (C=O) groups excluding carboxylic acids is 1. The van der Waals surface area contributed by atoms with Crippen molar-refractivity contribution in [3.8, 4) is 12.3 Å². The summed E-state index contributed by atoms with van der Waals surface area (Å²) in [4.78, 5) is 11.8. The summed E-state index contributed by atoms with van der Waals surface area (Å²) < 4.78 is 0. The fourth-order valence-electron chi connectivity index (χ4n) is 1.67. The Morgan fingerprint density at radius 1 is 1.53 bits per heavy atom. The summed E-state index contributed by atoms with van der Waals surface area (Å²) in [6.07, 6.45) is 6.19. The van der Waals surface area contributed by atoms with Gasteiger partial charge < -0.3 is 15.7 Å². The predicted octanol–water partition coefficient (Wildman–Crippen LogP) is 2.20. The van der Waals surface area contributed by atoms with Crippen LogP contribution in [0.2, 0.25) is 0 Å². The lowest BCUT2D eigenvalue weighted by molar-refractivity contribution is 0.198. The fourth-order valence-corrected chi connectivity index (χ4v) is 1.67. The second-order valence-electron chi connectivity index (χ2n) is 4.50. The molecule has 0 saturated heterocycles. The van der Waals surface area contributed by atoms with Gasteiger partial charge in [0.2, 0.25) is 0 Å². The number of carbonyl (C=O) groups is 1. The monoisotopic (exact) mass is 260 g/mol. The van der Waals surface area contributed by atoms with Gasteiger partial charge in [-0.2, -0.15) is 0 Å². The SMILES string of the molecule is C#Cc1cccc(NC(=O)NC(CO)C(C)CC)c1. The standard InChI is InChI=1S/C15H20N2O2/c1-4-11(3)14(10-18)17-15(19)16-13-8-6-7-12(5-2)9-13/h2,6-9,11,14,18H,4,10H2,1,3H3,(H2,16,17,19). The number of hydrogen-bond acceptors (Lipinski definition) is 2. The van der Waals surface area contributed by atoms with Crippen LogP contribution in [0.4, 0.5) is 10.5 Å². The molecule has 0 radical (unpaired) electrons. The molecule has 1 rings (SSSR count). The van der Waals surface area contributed by atoms with Crippen molar-refractivity contribution in [3.63, 3.8) is 0 Å². The molecule has 1 aromatic carbocycles. The average molecular weight is 260 g/mol. The quantitative estimate of drug-likeness (QED) is 0.711. The summed E-state index contributed by atoms with van der Waals surface area (Å²) in [5.41, 5.74) is 1.34. The molecule has 4 nitrogen and oxygen atoms in total. The van der Waals surface area contributed by atoms with Crippen LogP contribution in [0.5, 0.6) is 0 Å². The number of terminal acetylenes is 1. The lowest BCUT2D eigenvalue weighted by Crippen LogP contribution is -2.43. The van der Waals surface area contributed by atoms with Gasteiger partial charge in [-0.3, -0.25) is 0 Å². The molecule has 1 aromatic rings. The molecular formula is C15H20N2O2. The van der Waals surface area contributed by atoms with Crippen molar-refractivity contribution in [2.45, 2.75) is 26.3 Å². The van der Waals surface area contributed by atoms with Gasteiger partial charge in [-0.15, -0.1) is 6.42 Å². The van der Waals surface area contributed by atoms with Crippen LogP contribution < -0.4 is 10.6 Å². The minimum Gasteiger partial charge on any atom is -0.394 e. The molecule has 102 valence electrons. The van der Waals surface area contributed by atoms with Crippen molar-refractivity contribution < 1.29 is 9.90 Å². The zero-order valence-electron chi connectivity index (χ0n) is 11.3. The topological polar surface area (TPSA) is 61.4 Å². The number of rotatable bonds is 5. The van der Waals surface area contributed by atoms with Crippen LogP contribution in [-0.4, -0.2) is 23.8 Å². The third-order valence-electron chi connectivity index (χ3n) is 3.13. The predicted molar refractivity (Wildman–Crippen MR) is 76.9 cm³/mol. The van der Waals surface area contributed by atoms with Crippen LogP contribution >= 0.6 is 0 Å². The van der Waals surface area contributed by atoms with Crippen LogP contribution in [0.3, 0.4) is 0 Å². The molecule has 0 fully saturated rings. The van der Waals surface area contributed by atoms with Gasteiger partial charge in [0, 0.05) is 11.3 Å². The third-order valence-corrected chi connectivity index (χ3v) is 3.13. The fraction of sp³-hybridized carbons (Fsp3) is 0.400. The van der Waals surface area contributed by atoms with E-state index in [0.29, 0.717) is 11.3 Å². The summed E-state index contributed by atoms with van der Waals surface area (Å²) in [5.74, 6) is 2.72. The molecule has 0 heterocycles. The average Bonchev–Trinajstić information content (AvgIpc) is 2.44. The maximum atomic E-state index is 11.8. The van der Waals surface area contributed by atoms with Crippen molar-refractivity contribution >= 4 is 11.7 Å². The van der Waals surface area contributed by atoms with Gasteiger partial charge in [0.1, 0.15) is 0 Å². The largest absolute Gasteiger partial charge is 0.394 e. The first-order valence-electron chi connectivity index (χ1n) is 6.35. The van der Waals surface area contributed by atoms with Gasteiger partial charge in [0.05, 0.1) is 12.6 Å². The lowest BCUT2D eigenvalue weighted by atomic mass is 10.0. The van der Waals surface area contributed by atoms with E-state index in [-0.39, 0.29) is 24.6 Å². The molecule has 0 spiro atoms. The number of aliphatic hydroxyl groups excluding tert-OH is 1. The number of nitrogens with one attached hydrogen (secondary N) is 2. The van der Waals surface area contributed by atoms with Crippen molar-refractivity contribution in [2.75, 3.05) is 11.9 Å². The van der Waals surface area contributed by atoms with E-state index in [1.807, 2.05) is 13.8 Å². The number of urea groups is 1. The summed E-state index contributed by atoms with van der Waals surface area (Å²) >= 11 is 0. The Labute approximate surface area is 114 Å². The van der Waals surface area contributed by atoms with Crippen LogP contribution in [0.1, 0.15) is 25.8 Å². The summed E-state index contributed by atoms with van der Waals surface area (Å²) in [6, 6.07) is 6.46. The van der Waals surface area contributed by atoms with Crippen molar-refractivity contribution in [3.05, 3.63) is 29.8 Å². The third kappa shape index (κ3) is 4.65. The van der Waals surface area contributed by atoms with E-state index < -0.39 is 0 Å². The maximum absolute atomic E-state index is 11.8. The van der Waals surface area contributed by atoms with E-state index in [4.69, 9.17) is 6.42 Å². The van der Waals surface area contributed by atoms with Crippen molar-refractivity contribution in [2.24, 2.45) is 5.92 Å². The molecule has 2 amide bonds. The Hall–Kier alpha value is -1.99. The first kappa shape index (κ1) is 15.1. The Bertz CT molecular complexity index is 465. The van der Waals surface area contributed by atoms with Gasteiger partial charge in [0.25, 0.3) is 0 Å². The first-order chi connectivity index (χ1) is 9.10. The molecule has 0 aliphatic carbocycles. The van der Waals surface area contributed by atoms with E-state index in [1.165, 1.54) is 0 Å². The Balaban J connectivity index is 2.61. The molecule has 3 N–H and O–H groups in total. The molecule has 2 unspecified atom stereocenters. The van der Waals surface area contributed by atoms with E-state index in [9.17, 15) is 9.90 Å². The molecule has 0 bridgehead atoms. The Morgan fingerprint density at radius 3 is 2.84 bits per heavy atom. The smallest absolute Gasteiger partial charge is 0.319 e. The summed E-state index contributed by atoms with van der Waals surface area (Å²) in [5, 5.41) is 14.7. The summed E-state index contributed by atoms with van der Waals surface area (Å²) in [6.45, 7) is 3.93. The molecule has 0 aromatic heterocycles. The number of benzene rings is 1. The molecule has 4 heteroatoms. The summed E-state index contributed by atoms with van der Waals surface area (Å²) in [7, 11) is 0. The first-order valence-corrected chi connectivity index (χ1v) is 6.35. The number of anilines is 1. The minimum atomic E-state index is -0.339. The van der Waals surface area contributed by atoms with E-state index in [2.05, 4.69) is 16.6 Å². The number of amides is 2. The molecule has 0 saturated carbocycles. The maximum Gasteiger partial charge on any atom is 0.319 e. The van der Waals surface area contributed by atoms with Crippen LogP contribution in [0.15, 0.2) is 24.3 Å². The normalized spacial score (nSPS) is 13.2. The van der Waals surface area contributed by atoms with Crippen molar-refractivity contribution in [1.82, 2.24) is 5.32 Å². The molecule has 0 aliphatic heterocycles. The Kier molecular flexibility index (Phi) is 5.91. The second-order valence-corrected chi connectivity index (χ2v) is 4.50. The zero-order chi connectivity index (χ0) is 14.3. The van der Waals surface area contributed by atoms with E-state index in [0.717, 1.165) is 6.42 Å². The van der Waals surface area contributed by atoms with Crippen LogP contribution in [0.25, 0.3) is 0 Å². The minimum absolute atomic E-state index is 0.0766. The van der Waals surface area contributed by atoms with Gasteiger partial charge in [-0.05, 0) is 24.1 Å². The molecule has 0 aliphatic rings. The molecule has 2 atom stereocenters. The molecular weight excluding hydrogens is 240 g/mol. The van der Waals surface area contributed by atoms with E-state index >= 15 is 0 Å². The Morgan fingerprint density at radius 2 is 2.26 bits per heavy atom. The van der Waals surface area contributed by atoms with Gasteiger partial charge in [-0.1, -0.05) is 32.3 Å². The van der Waals surface area contributed by atoms with Crippen LogP contribution in [0, 0.1) is 18.3 Å². The van der Waals surface area contributed by atoms with Gasteiger partial charge in [-0.25, -0.2) is 4.79 Å².